The molecule has 0 aliphatic rings. The number of hydrogen-bond acceptors (Lipinski definition) is 10. The highest BCUT2D eigenvalue weighted by molar-refractivity contribution is 7.47. The van der Waals surface area contributed by atoms with Crippen LogP contribution in [0.3, 0.4) is 0 Å². The Bertz CT molecular complexity index is 1570. The second-order valence-electron chi connectivity index (χ2n) is 22.3. The predicted molar refractivity (Wildman–Crippen MR) is 335 cm³/mol. The largest absolute Gasteiger partial charge is 0.472 e. The van der Waals surface area contributed by atoms with Crippen molar-refractivity contribution in [2.45, 2.75) is 328 Å². The number of hydrogen-bond donors (Lipinski definition) is 2. The van der Waals surface area contributed by atoms with Gasteiger partial charge >= 0.3 is 25.7 Å². The summed E-state index contributed by atoms with van der Waals surface area (Å²) in [6, 6.07) is 0. The molecule has 0 heterocycles. The molecule has 0 aromatic rings. The van der Waals surface area contributed by atoms with Crippen molar-refractivity contribution >= 4 is 25.7 Å². The molecule has 0 saturated carbocycles. The van der Waals surface area contributed by atoms with Crippen LogP contribution < -0.4 is 0 Å². The minimum absolute atomic E-state index is 0.0917. The first-order valence-corrected chi connectivity index (χ1v) is 34.7. The molecular weight excluding hydrogens is 1020 g/mol. The first-order valence-electron chi connectivity index (χ1n) is 33.2. The molecule has 12 heteroatoms. The van der Waals surface area contributed by atoms with Crippen molar-refractivity contribution < 1.29 is 52.2 Å². The zero-order chi connectivity index (χ0) is 58.3. The fourth-order valence-electron chi connectivity index (χ4n) is 9.45. The van der Waals surface area contributed by atoms with Gasteiger partial charge in [0.1, 0.15) is 12.7 Å². The van der Waals surface area contributed by atoms with Crippen LogP contribution in [0.5, 0.6) is 0 Å². The number of unbranched alkanes of at least 4 members (excludes halogenated alkanes) is 35. The average molecular weight is 1150 g/mol. The summed E-state index contributed by atoms with van der Waals surface area (Å²) in [6.07, 6.45) is 70.4. The molecule has 0 bridgehead atoms. The highest BCUT2D eigenvalue weighted by atomic mass is 31.2. The quantitative estimate of drug-likeness (QED) is 0.0197. The normalized spacial score (nSPS) is 13.6. The van der Waals surface area contributed by atoms with E-state index in [1.54, 1.807) is 0 Å². The van der Waals surface area contributed by atoms with Crippen molar-refractivity contribution in [2.24, 2.45) is 0 Å². The molecule has 0 rings (SSSR count). The summed E-state index contributed by atoms with van der Waals surface area (Å²) in [6.45, 7) is 4.54. The van der Waals surface area contributed by atoms with E-state index in [1.165, 1.54) is 180 Å². The molecule has 3 unspecified atom stereocenters. The van der Waals surface area contributed by atoms with Crippen molar-refractivity contribution in [3.05, 3.63) is 60.8 Å². The number of ether oxygens (including phenoxy) is 3. The number of carbonyl (C=O) groups excluding carboxylic acids is 3. The molecule has 0 amide bonds. The molecule has 0 aliphatic heterocycles. The average Bonchev–Trinajstić information content (AvgIpc) is 3.45. The lowest BCUT2D eigenvalue weighted by molar-refractivity contribution is -0.161. The monoisotopic (exact) mass is 1150 g/mol. The molecule has 0 aromatic heterocycles. The lowest BCUT2D eigenvalue weighted by Gasteiger charge is -2.21. The third-order valence-electron chi connectivity index (χ3n) is 14.5. The molecule has 0 aliphatic carbocycles. The SMILES string of the molecule is CC/C=C\C/C=C\C/C=C\C/C=C\C/C=C\CCCC(=O)OC(COC(=O)CCCCCCCCCCCCCCCCCCCCC)COP(=O)(O)OCC(CO)OC(=O)CCCCCCCCCCCCCCCCCCC. The van der Waals surface area contributed by atoms with Crippen molar-refractivity contribution in [3.63, 3.8) is 0 Å². The van der Waals surface area contributed by atoms with E-state index in [0.29, 0.717) is 25.7 Å². The Hall–Kier alpha value is -2.82. The fraction of sp³-hybridized carbons (Fsp3) is 0.809. The van der Waals surface area contributed by atoms with Crippen molar-refractivity contribution in [1.29, 1.82) is 0 Å². The number of rotatable bonds is 62. The summed E-state index contributed by atoms with van der Waals surface area (Å²) >= 11 is 0. The standard InChI is InChI=1S/C68H123O11P/c1-4-7-10-13-16-19-22-25-28-31-32-35-36-39-42-45-48-51-54-57-66(70)75-61-65(79-68(72)59-56-53-50-47-44-41-38-34-30-27-24-21-18-15-12-9-6-3)63-77-80(73,74)76-62-64(60-69)78-67(71)58-55-52-49-46-43-40-37-33-29-26-23-20-17-14-11-8-5-2/h9,12,18,21,27,30,38,41,47,50,64-65,69H,4-8,10-11,13-17,19-20,22-26,28-29,31-37,39-40,42-46,48-49,51-63H2,1-3H3,(H,73,74)/b12-9-,21-18-,30-27-,41-38-,50-47-. The van der Waals surface area contributed by atoms with Crippen LogP contribution in [0.4, 0.5) is 0 Å². The summed E-state index contributed by atoms with van der Waals surface area (Å²) in [5.74, 6) is -1.51. The first kappa shape index (κ1) is 77.2. The van der Waals surface area contributed by atoms with E-state index in [2.05, 4.69) is 75.5 Å². The molecule has 2 N–H and O–H groups in total. The number of aliphatic hydroxyl groups excluding tert-OH is 1. The molecule has 0 aromatic carbocycles. The van der Waals surface area contributed by atoms with Gasteiger partial charge in [-0.2, -0.15) is 0 Å². The number of esters is 3. The highest BCUT2D eigenvalue weighted by Crippen LogP contribution is 2.43. The van der Waals surface area contributed by atoms with Crippen molar-refractivity contribution in [2.75, 3.05) is 26.4 Å². The van der Waals surface area contributed by atoms with Crippen molar-refractivity contribution in [3.8, 4) is 0 Å². The van der Waals surface area contributed by atoms with E-state index in [-0.39, 0.29) is 25.9 Å². The van der Waals surface area contributed by atoms with Gasteiger partial charge in [-0.1, -0.05) is 300 Å². The summed E-state index contributed by atoms with van der Waals surface area (Å²) in [7, 11) is -4.77. The number of phosphoric ester groups is 1. The maximum Gasteiger partial charge on any atom is 0.472 e. The Morgan fingerprint density at radius 3 is 1.00 bits per heavy atom. The lowest BCUT2D eigenvalue weighted by atomic mass is 10.0. The Kier molecular flexibility index (Phi) is 60.0. The maximum absolute atomic E-state index is 13.0. The van der Waals surface area contributed by atoms with Gasteiger partial charge in [-0.05, 0) is 57.8 Å². The second kappa shape index (κ2) is 62.2. The molecule has 466 valence electrons. The third-order valence-corrected chi connectivity index (χ3v) is 15.4. The molecule has 0 fully saturated rings. The fourth-order valence-corrected chi connectivity index (χ4v) is 10.2. The first-order chi connectivity index (χ1) is 39.2. The van der Waals surface area contributed by atoms with E-state index in [4.69, 9.17) is 23.3 Å². The van der Waals surface area contributed by atoms with Gasteiger partial charge in [0.15, 0.2) is 6.10 Å². The van der Waals surface area contributed by atoms with Crippen LogP contribution in [0.1, 0.15) is 316 Å². The molecule has 11 nitrogen and oxygen atoms in total. The molecule has 3 atom stereocenters. The number of phosphoric acid groups is 1. The summed E-state index contributed by atoms with van der Waals surface area (Å²) in [4.78, 5) is 48.8. The maximum atomic E-state index is 13.0. The third kappa shape index (κ3) is 59.8. The van der Waals surface area contributed by atoms with E-state index in [0.717, 1.165) is 70.6 Å². The smallest absolute Gasteiger partial charge is 0.462 e. The predicted octanol–water partition coefficient (Wildman–Crippen LogP) is 20.3. The van der Waals surface area contributed by atoms with E-state index in [1.807, 2.05) is 6.08 Å². The van der Waals surface area contributed by atoms with Gasteiger partial charge in [0, 0.05) is 19.3 Å². The summed E-state index contributed by atoms with van der Waals surface area (Å²) in [5, 5.41) is 9.86. The van der Waals surface area contributed by atoms with Crippen LogP contribution >= 0.6 is 7.82 Å². The van der Waals surface area contributed by atoms with E-state index >= 15 is 0 Å². The topological polar surface area (TPSA) is 155 Å². The van der Waals surface area contributed by atoms with Gasteiger partial charge in [0.2, 0.25) is 0 Å². The lowest BCUT2D eigenvalue weighted by Crippen LogP contribution is -2.30. The van der Waals surface area contributed by atoms with Gasteiger partial charge in [-0.15, -0.1) is 0 Å². The van der Waals surface area contributed by atoms with Crippen LogP contribution in [-0.4, -0.2) is 66.5 Å². The molecule has 0 radical (unpaired) electrons. The number of carbonyl (C=O) groups is 3. The Morgan fingerprint density at radius 1 is 0.362 bits per heavy atom. The van der Waals surface area contributed by atoms with Crippen LogP contribution in [0, 0.1) is 0 Å². The zero-order valence-electron chi connectivity index (χ0n) is 51.8. The Labute approximate surface area is 491 Å². The second-order valence-corrected chi connectivity index (χ2v) is 23.7. The Balaban J connectivity index is 4.71. The summed E-state index contributed by atoms with van der Waals surface area (Å²) in [5.41, 5.74) is 0. The van der Waals surface area contributed by atoms with Gasteiger partial charge < -0.3 is 24.2 Å². The molecule has 0 saturated heterocycles. The minimum Gasteiger partial charge on any atom is -0.462 e. The minimum atomic E-state index is -4.77. The zero-order valence-corrected chi connectivity index (χ0v) is 52.7. The van der Waals surface area contributed by atoms with Gasteiger partial charge in [-0.25, -0.2) is 4.57 Å². The Morgan fingerprint density at radius 2 is 0.650 bits per heavy atom. The van der Waals surface area contributed by atoms with Crippen LogP contribution in [0.2, 0.25) is 0 Å². The van der Waals surface area contributed by atoms with Gasteiger partial charge in [-0.3, -0.25) is 23.4 Å². The van der Waals surface area contributed by atoms with Crippen LogP contribution in [0.25, 0.3) is 0 Å². The molecule has 0 spiro atoms. The molecular formula is C68H123O11P. The highest BCUT2D eigenvalue weighted by Gasteiger charge is 2.28. The van der Waals surface area contributed by atoms with E-state index < -0.39 is 57.8 Å². The molecule has 80 heavy (non-hydrogen) atoms. The number of allylic oxidation sites excluding steroid dienone is 10. The van der Waals surface area contributed by atoms with Crippen LogP contribution in [0.15, 0.2) is 60.8 Å². The van der Waals surface area contributed by atoms with Crippen molar-refractivity contribution in [1.82, 2.24) is 0 Å². The van der Waals surface area contributed by atoms with Gasteiger partial charge in [0.05, 0.1) is 19.8 Å². The number of aliphatic hydroxyl groups is 1. The van der Waals surface area contributed by atoms with Crippen LogP contribution in [-0.2, 0) is 42.2 Å². The van der Waals surface area contributed by atoms with E-state index in [9.17, 15) is 28.9 Å². The van der Waals surface area contributed by atoms with Gasteiger partial charge in [0.25, 0.3) is 0 Å². The summed E-state index contributed by atoms with van der Waals surface area (Å²) < 4.78 is 39.7.